The summed E-state index contributed by atoms with van der Waals surface area (Å²) in [6.45, 7) is 5.21. The molecule has 0 N–H and O–H groups in total. The number of halogens is 1. The predicted molar refractivity (Wildman–Crippen MR) is 59.9 cm³/mol. The zero-order valence-corrected chi connectivity index (χ0v) is 9.41. The van der Waals surface area contributed by atoms with Crippen LogP contribution in [0.2, 0.25) is 0 Å². The van der Waals surface area contributed by atoms with Crippen molar-refractivity contribution in [3.8, 4) is 0 Å². The summed E-state index contributed by atoms with van der Waals surface area (Å²) in [4.78, 5) is 2.20. The highest BCUT2D eigenvalue weighted by Gasteiger charge is 2.10. The molecule has 0 amide bonds. The number of aromatic nitrogens is 2. The molecule has 1 heterocycles. The van der Waals surface area contributed by atoms with Crippen molar-refractivity contribution in [3.63, 3.8) is 0 Å². The van der Waals surface area contributed by atoms with Crippen LogP contribution in [0.4, 0.5) is 5.82 Å². The first-order chi connectivity index (χ1) is 6.75. The van der Waals surface area contributed by atoms with Crippen LogP contribution in [0.5, 0.6) is 0 Å². The van der Waals surface area contributed by atoms with Gasteiger partial charge < -0.3 is 4.90 Å². The molecule has 0 saturated heterocycles. The van der Waals surface area contributed by atoms with Gasteiger partial charge in [-0.15, -0.1) is 16.7 Å². The fraction of sp³-hybridized carbons (Fsp3) is 0.600. The Morgan fingerprint density at radius 2 is 2.29 bits per heavy atom. The van der Waals surface area contributed by atoms with Gasteiger partial charge in [-0.2, -0.15) is 5.10 Å². The zero-order chi connectivity index (χ0) is 10.4. The molecule has 0 unspecified atom stereocenters. The van der Waals surface area contributed by atoms with Crippen molar-refractivity contribution < 1.29 is 0 Å². The van der Waals surface area contributed by atoms with Crippen LogP contribution >= 0.6 is 11.6 Å². The van der Waals surface area contributed by atoms with Gasteiger partial charge in [-0.3, -0.25) is 0 Å². The standard InChI is InChI=1S/C10H16ClN3/c1-9(2)14(8-4-6-11)10-5-3-7-12-13-10/h3,5,7,9H,4,6,8H2,1-2H3. The van der Waals surface area contributed by atoms with Crippen LogP contribution in [0.15, 0.2) is 18.3 Å². The Labute approximate surface area is 90.1 Å². The monoisotopic (exact) mass is 213 g/mol. The van der Waals surface area contributed by atoms with Crippen molar-refractivity contribution in [1.29, 1.82) is 0 Å². The normalized spacial score (nSPS) is 10.6. The van der Waals surface area contributed by atoms with E-state index < -0.39 is 0 Å². The molecule has 1 aromatic heterocycles. The summed E-state index contributed by atoms with van der Waals surface area (Å²) >= 11 is 5.68. The Kier molecular flexibility index (Phi) is 4.66. The van der Waals surface area contributed by atoms with Crippen LogP contribution in [-0.4, -0.2) is 28.7 Å². The molecule has 0 radical (unpaired) electrons. The third kappa shape index (κ3) is 3.14. The topological polar surface area (TPSA) is 29.0 Å². The molecule has 0 bridgehead atoms. The number of hydrogen-bond donors (Lipinski definition) is 0. The molecule has 4 heteroatoms. The van der Waals surface area contributed by atoms with Gasteiger partial charge in [0, 0.05) is 24.7 Å². The van der Waals surface area contributed by atoms with Crippen LogP contribution in [0.1, 0.15) is 20.3 Å². The first kappa shape index (κ1) is 11.2. The molecular formula is C10H16ClN3. The Morgan fingerprint density at radius 3 is 2.79 bits per heavy atom. The van der Waals surface area contributed by atoms with E-state index in [9.17, 15) is 0 Å². The molecule has 0 fully saturated rings. The van der Waals surface area contributed by atoms with Gasteiger partial charge in [-0.05, 0) is 32.4 Å². The average molecular weight is 214 g/mol. The molecule has 0 atom stereocenters. The van der Waals surface area contributed by atoms with Gasteiger partial charge in [0.05, 0.1) is 0 Å². The summed E-state index contributed by atoms with van der Waals surface area (Å²) < 4.78 is 0. The molecule has 0 aliphatic carbocycles. The first-order valence-electron chi connectivity index (χ1n) is 4.86. The van der Waals surface area contributed by atoms with Crippen LogP contribution < -0.4 is 4.90 Å². The van der Waals surface area contributed by atoms with Gasteiger partial charge in [0.15, 0.2) is 5.82 Å². The Balaban J connectivity index is 2.68. The zero-order valence-electron chi connectivity index (χ0n) is 8.65. The molecule has 3 nitrogen and oxygen atoms in total. The smallest absolute Gasteiger partial charge is 0.151 e. The van der Waals surface area contributed by atoms with E-state index in [0.29, 0.717) is 11.9 Å². The van der Waals surface area contributed by atoms with E-state index in [-0.39, 0.29) is 0 Å². The molecule has 0 aromatic carbocycles. The number of alkyl halides is 1. The van der Waals surface area contributed by atoms with E-state index in [2.05, 4.69) is 28.9 Å². The fourth-order valence-electron chi connectivity index (χ4n) is 1.31. The molecule has 0 spiro atoms. The summed E-state index contributed by atoms with van der Waals surface area (Å²) in [6.07, 6.45) is 2.65. The van der Waals surface area contributed by atoms with Crippen molar-refractivity contribution in [1.82, 2.24) is 10.2 Å². The lowest BCUT2D eigenvalue weighted by Gasteiger charge is -2.26. The lowest BCUT2D eigenvalue weighted by atomic mass is 10.3. The van der Waals surface area contributed by atoms with Gasteiger partial charge in [-0.1, -0.05) is 0 Å². The maximum atomic E-state index is 5.68. The van der Waals surface area contributed by atoms with Crippen molar-refractivity contribution in [2.45, 2.75) is 26.3 Å². The highest BCUT2D eigenvalue weighted by Crippen LogP contribution is 2.12. The Morgan fingerprint density at radius 1 is 1.50 bits per heavy atom. The largest absolute Gasteiger partial charge is 0.353 e. The lowest BCUT2D eigenvalue weighted by Crippen LogP contribution is -2.32. The molecule has 1 aromatic rings. The van der Waals surface area contributed by atoms with Crippen molar-refractivity contribution >= 4 is 17.4 Å². The highest BCUT2D eigenvalue weighted by atomic mass is 35.5. The number of rotatable bonds is 5. The van der Waals surface area contributed by atoms with Crippen molar-refractivity contribution in [3.05, 3.63) is 18.3 Å². The summed E-state index contributed by atoms with van der Waals surface area (Å²) in [5.74, 6) is 1.61. The Hall–Kier alpha value is -0.830. The van der Waals surface area contributed by atoms with Gasteiger partial charge in [0.2, 0.25) is 0 Å². The number of hydrogen-bond acceptors (Lipinski definition) is 3. The van der Waals surface area contributed by atoms with E-state index in [0.717, 1.165) is 18.8 Å². The van der Waals surface area contributed by atoms with Crippen LogP contribution in [-0.2, 0) is 0 Å². The van der Waals surface area contributed by atoms with Crippen LogP contribution in [0.3, 0.4) is 0 Å². The third-order valence-electron chi connectivity index (χ3n) is 2.01. The second-order valence-corrected chi connectivity index (χ2v) is 3.79. The van der Waals surface area contributed by atoms with Crippen molar-refractivity contribution in [2.75, 3.05) is 17.3 Å². The molecule has 78 valence electrons. The minimum Gasteiger partial charge on any atom is -0.353 e. The van der Waals surface area contributed by atoms with Gasteiger partial charge >= 0.3 is 0 Å². The first-order valence-corrected chi connectivity index (χ1v) is 5.39. The molecule has 0 saturated carbocycles. The average Bonchev–Trinajstić information content (AvgIpc) is 2.19. The van der Waals surface area contributed by atoms with Crippen molar-refractivity contribution in [2.24, 2.45) is 0 Å². The van der Waals surface area contributed by atoms with Gasteiger partial charge in [-0.25, -0.2) is 0 Å². The summed E-state index contributed by atoms with van der Waals surface area (Å²) in [5, 5.41) is 7.96. The predicted octanol–water partition coefficient (Wildman–Crippen LogP) is 2.32. The minimum absolute atomic E-state index is 0.426. The quantitative estimate of drug-likeness (QED) is 0.703. The van der Waals surface area contributed by atoms with Gasteiger partial charge in [0.1, 0.15) is 0 Å². The molecule has 14 heavy (non-hydrogen) atoms. The molecular weight excluding hydrogens is 198 g/mol. The highest BCUT2D eigenvalue weighted by molar-refractivity contribution is 6.17. The molecule has 0 aliphatic heterocycles. The van der Waals surface area contributed by atoms with E-state index in [4.69, 9.17) is 11.6 Å². The van der Waals surface area contributed by atoms with E-state index in [1.807, 2.05) is 12.1 Å². The third-order valence-corrected chi connectivity index (χ3v) is 2.28. The van der Waals surface area contributed by atoms with Crippen LogP contribution in [0.25, 0.3) is 0 Å². The number of anilines is 1. The maximum Gasteiger partial charge on any atom is 0.151 e. The van der Waals surface area contributed by atoms with Gasteiger partial charge in [0.25, 0.3) is 0 Å². The molecule has 0 aliphatic rings. The Bertz CT molecular complexity index is 251. The van der Waals surface area contributed by atoms with E-state index in [1.165, 1.54) is 0 Å². The minimum atomic E-state index is 0.426. The SMILES string of the molecule is CC(C)N(CCCCl)c1cccnn1. The second-order valence-electron chi connectivity index (χ2n) is 3.41. The second kappa shape index (κ2) is 5.81. The van der Waals surface area contributed by atoms with E-state index in [1.54, 1.807) is 6.20 Å². The molecule has 1 rings (SSSR count). The summed E-state index contributed by atoms with van der Waals surface area (Å²) in [7, 11) is 0. The summed E-state index contributed by atoms with van der Waals surface area (Å²) in [5.41, 5.74) is 0. The summed E-state index contributed by atoms with van der Waals surface area (Å²) in [6, 6.07) is 4.30. The lowest BCUT2D eigenvalue weighted by molar-refractivity contribution is 0.658. The van der Waals surface area contributed by atoms with Crippen LogP contribution in [0, 0.1) is 0 Å². The van der Waals surface area contributed by atoms with E-state index >= 15 is 0 Å². The maximum absolute atomic E-state index is 5.68. The fourth-order valence-corrected chi connectivity index (χ4v) is 1.43. The number of nitrogens with zero attached hydrogens (tertiary/aromatic N) is 3.